The molecule has 0 heterocycles. The van der Waals surface area contributed by atoms with E-state index in [1.54, 1.807) is 0 Å². The van der Waals surface area contributed by atoms with Gasteiger partial charge < -0.3 is 5.73 Å². The van der Waals surface area contributed by atoms with E-state index in [1.807, 2.05) is 42.5 Å². The summed E-state index contributed by atoms with van der Waals surface area (Å²) in [6.07, 6.45) is 0.755. The highest BCUT2D eigenvalue weighted by atomic mass is 79.9. The number of halogens is 2. The summed E-state index contributed by atoms with van der Waals surface area (Å²) in [5, 5.41) is 0.780. The molecule has 0 bridgehead atoms. The lowest BCUT2D eigenvalue weighted by Gasteiger charge is -2.07. The topological polar surface area (TPSA) is 26.0 Å². The van der Waals surface area contributed by atoms with Crippen molar-refractivity contribution in [3.63, 3.8) is 0 Å². The van der Waals surface area contributed by atoms with Crippen LogP contribution in [0.5, 0.6) is 0 Å². The minimum atomic E-state index is 0.755. The summed E-state index contributed by atoms with van der Waals surface area (Å²) < 4.78 is 1.03. The first kappa shape index (κ1) is 11.5. The molecule has 0 aliphatic rings. The second-order valence-corrected chi connectivity index (χ2v) is 4.93. The molecule has 2 aromatic rings. The van der Waals surface area contributed by atoms with E-state index >= 15 is 0 Å². The summed E-state index contributed by atoms with van der Waals surface area (Å²) in [7, 11) is 0. The van der Waals surface area contributed by atoms with Crippen molar-refractivity contribution < 1.29 is 0 Å². The Morgan fingerprint density at radius 2 is 1.81 bits per heavy atom. The van der Waals surface area contributed by atoms with Crippen LogP contribution in [-0.2, 0) is 6.42 Å². The fraction of sp³-hybridized carbons (Fsp3) is 0.0769. The molecule has 0 spiro atoms. The van der Waals surface area contributed by atoms with E-state index in [0.717, 1.165) is 32.7 Å². The zero-order chi connectivity index (χ0) is 11.5. The molecule has 82 valence electrons. The van der Waals surface area contributed by atoms with Gasteiger partial charge in [-0.05, 0) is 35.4 Å². The van der Waals surface area contributed by atoms with Gasteiger partial charge in [-0.25, -0.2) is 0 Å². The number of anilines is 1. The van der Waals surface area contributed by atoms with Crippen LogP contribution < -0.4 is 5.73 Å². The minimum Gasteiger partial charge on any atom is -0.398 e. The molecule has 0 aliphatic heterocycles. The molecule has 0 unspecified atom stereocenters. The first-order valence-electron chi connectivity index (χ1n) is 4.94. The summed E-state index contributed by atoms with van der Waals surface area (Å²) in [6.45, 7) is 0. The van der Waals surface area contributed by atoms with Crippen molar-refractivity contribution in [2.45, 2.75) is 6.42 Å². The molecule has 2 rings (SSSR count). The summed E-state index contributed by atoms with van der Waals surface area (Å²) in [6, 6.07) is 13.7. The number of rotatable bonds is 2. The van der Waals surface area contributed by atoms with E-state index in [0.29, 0.717) is 0 Å². The average Bonchev–Trinajstić information content (AvgIpc) is 2.27. The van der Waals surface area contributed by atoms with Gasteiger partial charge in [-0.3, -0.25) is 0 Å². The van der Waals surface area contributed by atoms with Crippen LogP contribution in [0.3, 0.4) is 0 Å². The predicted octanol–water partition coefficient (Wildman–Crippen LogP) is 4.28. The van der Waals surface area contributed by atoms with Crippen molar-refractivity contribution in [1.82, 2.24) is 0 Å². The Morgan fingerprint density at radius 1 is 1.06 bits per heavy atom. The van der Waals surface area contributed by atoms with Crippen molar-refractivity contribution in [3.05, 3.63) is 63.1 Å². The smallest absolute Gasteiger partial charge is 0.0441 e. The van der Waals surface area contributed by atoms with Crippen LogP contribution >= 0.6 is 27.5 Å². The van der Waals surface area contributed by atoms with Gasteiger partial charge in [0.15, 0.2) is 0 Å². The summed E-state index contributed by atoms with van der Waals surface area (Å²) in [4.78, 5) is 0. The Bertz CT molecular complexity index is 511. The number of hydrogen-bond donors (Lipinski definition) is 1. The molecule has 2 N–H and O–H groups in total. The lowest BCUT2D eigenvalue weighted by Crippen LogP contribution is -1.96. The average molecular weight is 297 g/mol. The van der Waals surface area contributed by atoms with Crippen molar-refractivity contribution in [1.29, 1.82) is 0 Å². The Morgan fingerprint density at radius 3 is 2.56 bits per heavy atom. The molecule has 0 atom stereocenters. The molecule has 0 saturated heterocycles. The normalized spacial score (nSPS) is 10.4. The minimum absolute atomic E-state index is 0.755. The van der Waals surface area contributed by atoms with Gasteiger partial charge in [0, 0.05) is 21.6 Å². The van der Waals surface area contributed by atoms with Crippen molar-refractivity contribution in [2.24, 2.45) is 0 Å². The van der Waals surface area contributed by atoms with Gasteiger partial charge in [-0.1, -0.05) is 45.7 Å². The predicted molar refractivity (Wildman–Crippen MR) is 72.8 cm³/mol. The van der Waals surface area contributed by atoms with E-state index in [9.17, 15) is 0 Å². The summed E-state index contributed by atoms with van der Waals surface area (Å²) >= 11 is 9.55. The van der Waals surface area contributed by atoms with E-state index in [4.69, 9.17) is 17.3 Å². The maximum atomic E-state index is 6.11. The number of nitrogens with two attached hydrogens (primary N) is 1. The highest BCUT2D eigenvalue weighted by molar-refractivity contribution is 9.10. The Balaban J connectivity index is 2.34. The maximum Gasteiger partial charge on any atom is 0.0441 e. The van der Waals surface area contributed by atoms with Gasteiger partial charge in [0.2, 0.25) is 0 Å². The monoisotopic (exact) mass is 295 g/mol. The van der Waals surface area contributed by atoms with Gasteiger partial charge in [-0.15, -0.1) is 0 Å². The molecule has 0 aliphatic carbocycles. The van der Waals surface area contributed by atoms with Crippen molar-refractivity contribution >= 4 is 33.2 Å². The third-order valence-electron chi connectivity index (χ3n) is 2.44. The van der Waals surface area contributed by atoms with Gasteiger partial charge >= 0.3 is 0 Å². The van der Waals surface area contributed by atoms with Crippen LogP contribution in [-0.4, -0.2) is 0 Å². The molecule has 0 amide bonds. The molecule has 16 heavy (non-hydrogen) atoms. The van der Waals surface area contributed by atoms with E-state index in [-0.39, 0.29) is 0 Å². The number of benzene rings is 2. The summed E-state index contributed by atoms with van der Waals surface area (Å²) in [5.74, 6) is 0. The second kappa shape index (κ2) is 4.89. The van der Waals surface area contributed by atoms with Gasteiger partial charge in [-0.2, -0.15) is 0 Å². The zero-order valence-corrected chi connectivity index (χ0v) is 10.9. The summed E-state index contributed by atoms with van der Waals surface area (Å²) in [5.41, 5.74) is 8.90. The quantitative estimate of drug-likeness (QED) is 0.823. The van der Waals surface area contributed by atoms with Gasteiger partial charge in [0.1, 0.15) is 0 Å². The van der Waals surface area contributed by atoms with Crippen LogP contribution in [0.2, 0.25) is 5.02 Å². The lowest BCUT2D eigenvalue weighted by atomic mass is 10.0. The molecule has 0 saturated carbocycles. The standard InChI is InChI=1S/C13H11BrClN/c14-11-5-6-13(16)10(8-11)7-9-3-1-2-4-12(9)15/h1-6,8H,7,16H2. The van der Waals surface area contributed by atoms with Crippen LogP contribution in [0.15, 0.2) is 46.9 Å². The lowest BCUT2D eigenvalue weighted by molar-refractivity contribution is 1.19. The van der Waals surface area contributed by atoms with Crippen molar-refractivity contribution in [2.75, 3.05) is 5.73 Å². The third-order valence-corrected chi connectivity index (χ3v) is 3.31. The Kier molecular flexibility index (Phi) is 3.52. The van der Waals surface area contributed by atoms with E-state index in [1.165, 1.54) is 0 Å². The SMILES string of the molecule is Nc1ccc(Br)cc1Cc1ccccc1Cl. The van der Waals surface area contributed by atoms with Crippen LogP contribution in [0, 0.1) is 0 Å². The Labute approximate surface area is 108 Å². The molecule has 1 nitrogen and oxygen atoms in total. The molecule has 2 aromatic carbocycles. The van der Waals surface area contributed by atoms with E-state index in [2.05, 4.69) is 15.9 Å². The largest absolute Gasteiger partial charge is 0.398 e. The van der Waals surface area contributed by atoms with E-state index < -0.39 is 0 Å². The van der Waals surface area contributed by atoms with Crippen molar-refractivity contribution in [3.8, 4) is 0 Å². The molecule has 0 fully saturated rings. The number of nitrogen functional groups attached to an aromatic ring is 1. The fourth-order valence-corrected chi connectivity index (χ4v) is 2.19. The molecule has 0 radical (unpaired) electrons. The first-order valence-corrected chi connectivity index (χ1v) is 6.11. The van der Waals surface area contributed by atoms with Crippen LogP contribution in [0.4, 0.5) is 5.69 Å². The maximum absolute atomic E-state index is 6.11. The Hall–Kier alpha value is -0.990. The molecular weight excluding hydrogens is 286 g/mol. The van der Waals surface area contributed by atoms with Gasteiger partial charge in [0.05, 0.1) is 0 Å². The molecule has 0 aromatic heterocycles. The molecular formula is C13H11BrClN. The first-order chi connectivity index (χ1) is 7.66. The molecule has 3 heteroatoms. The van der Waals surface area contributed by atoms with Gasteiger partial charge in [0.25, 0.3) is 0 Å². The highest BCUT2D eigenvalue weighted by Gasteiger charge is 2.04. The fourth-order valence-electron chi connectivity index (χ4n) is 1.57. The third kappa shape index (κ3) is 2.57. The zero-order valence-electron chi connectivity index (χ0n) is 8.58. The number of hydrogen-bond acceptors (Lipinski definition) is 1. The second-order valence-electron chi connectivity index (χ2n) is 3.61. The highest BCUT2D eigenvalue weighted by Crippen LogP contribution is 2.24. The van der Waals surface area contributed by atoms with Crippen LogP contribution in [0.25, 0.3) is 0 Å². The van der Waals surface area contributed by atoms with Crippen LogP contribution in [0.1, 0.15) is 11.1 Å².